The number of carbonyl (C=O) groups excluding carboxylic acids is 7. The molecule has 6 amide bonds. The first-order valence-electron chi connectivity index (χ1n) is 29.9. The van der Waals surface area contributed by atoms with Gasteiger partial charge in [-0.15, -0.1) is 10.2 Å². The van der Waals surface area contributed by atoms with Gasteiger partial charge >= 0.3 is 6.09 Å². The fourth-order valence-corrected chi connectivity index (χ4v) is 10.3. The molecule has 7 rings (SSSR count). The van der Waals surface area contributed by atoms with E-state index in [9.17, 15) is 43.8 Å². The summed E-state index contributed by atoms with van der Waals surface area (Å²) in [7, 11) is 0. The molecule has 3 heterocycles. The van der Waals surface area contributed by atoms with Crippen molar-refractivity contribution in [1.29, 1.82) is 0 Å². The normalized spacial score (nSPS) is 16.5. The Bertz CT molecular complexity index is 3150. The lowest BCUT2D eigenvalue weighted by atomic mass is 9.93. The highest BCUT2D eigenvalue weighted by atomic mass is 16.6. The number of carbonyl (C=O) groups is 7. The summed E-state index contributed by atoms with van der Waals surface area (Å²) in [4.78, 5) is 97.8. The van der Waals surface area contributed by atoms with E-state index in [1.54, 1.807) is 61.4 Å². The number of likely N-dealkylation sites (tertiary alicyclic amines) is 1. The average Bonchev–Trinajstić information content (AvgIpc) is 1.73. The standard InChI is InChI=1S/C65H84N10O11/c1-9-66-62(82)58-73-72-57(49-37-48(42(6)7)54(76)38-55(49)77)75(58)46-25-23-45(24-26-46)63(83)74-32-28-47(29-33-74)86-64(84)68-31-17-16-30-67-50(27-22-43-18-12-10-13-19-43)59(79)70-52(35-41(4)5)60(80)71-53(36-44-20-14-11-15-21-44)61(81)69-51(34-40(2)3)56(78)65(8)39-85-65/h10-16,18-21,23-26,30,37-38,40-42,47,50-53,67,76-77H,9,17,22,27-29,31-36,39H2,1-8H3,(H,66,82)(H,68,84)(H,69,81)(H,70,79)(H,71,80)/b30-16+/t50-,51-,52-,53-,65+/m0/s1. The smallest absolute Gasteiger partial charge is 0.407 e. The largest absolute Gasteiger partial charge is 0.508 e. The minimum atomic E-state index is -1.06. The van der Waals surface area contributed by atoms with Crippen molar-refractivity contribution in [3.8, 4) is 28.6 Å². The SMILES string of the molecule is CCNC(=O)c1nnc(-c2cc(C(C)C)c(O)cc2O)n1-c1ccc(C(=O)N2CCC(OC(=O)NCC/C=C/N[C@@H](CCc3ccccc3)C(=O)N[C@@H](CC(C)C)C(=O)N[C@@H](Cc3ccccc3)C(=O)N[C@@H](CC(C)C)C(=O)[C@@]3(C)CO3)CC2)cc1. The Kier molecular flexibility index (Phi) is 23.0. The maximum Gasteiger partial charge on any atom is 0.407 e. The summed E-state index contributed by atoms with van der Waals surface area (Å²) >= 11 is 0. The fourth-order valence-electron chi connectivity index (χ4n) is 10.3. The van der Waals surface area contributed by atoms with Crippen LogP contribution in [0.1, 0.15) is 138 Å². The number of phenols is 2. The zero-order valence-corrected chi connectivity index (χ0v) is 50.6. The third-order valence-electron chi connectivity index (χ3n) is 15.2. The van der Waals surface area contributed by atoms with Crippen LogP contribution in [0, 0.1) is 11.8 Å². The number of benzene rings is 4. The Balaban J connectivity index is 0.917. The summed E-state index contributed by atoms with van der Waals surface area (Å²) < 4.78 is 12.7. The second-order valence-electron chi connectivity index (χ2n) is 23.4. The number of aromatic hydroxyl groups is 2. The molecule has 0 radical (unpaired) electrons. The molecule has 2 aliphatic heterocycles. The molecule has 21 nitrogen and oxygen atoms in total. The molecule has 86 heavy (non-hydrogen) atoms. The Labute approximate surface area is 503 Å². The van der Waals surface area contributed by atoms with Crippen LogP contribution in [0.15, 0.2) is 109 Å². The summed E-state index contributed by atoms with van der Waals surface area (Å²) in [5, 5.41) is 47.4. The Morgan fingerprint density at radius 3 is 1.94 bits per heavy atom. The number of aryl methyl sites for hydroxylation is 1. The summed E-state index contributed by atoms with van der Waals surface area (Å²) in [5.41, 5.74) is 2.55. The van der Waals surface area contributed by atoms with Crippen LogP contribution in [0.5, 0.6) is 11.5 Å². The molecule has 5 aromatic rings. The van der Waals surface area contributed by atoms with Gasteiger partial charge in [0.25, 0.3) is 11.8 Å². The van der Waals surface area contributed by atoms with Crippen molar-refractivity contribution in [3.05, 3.63) is 137 Å². The van der Waals surface area contributed by atoms with Crippen LogP contribution in [0.25, 0.3) is 17.1 Å². The Morgan fingerprint density at radius 1 is 0.733 bits per heavy atom. The number of nitrogens with zero attached hydrogens (tertiary/aromatic N) is 4. The van der Waals surface area contributed by atoms with Crippen molar-refractivity contribution >= 4 is 41.4 Å². The number of hydrogen-bond donors (Lipinski definition) is 8. The first-order chi connectivity index (χ1) is 41.1. The number of alkyl carbamates (subject to hydrolysis) is 1. The van der Waals surface area contributed by atoms with Crippen LogP contribution in [0.3, 0.4) is 0 Å². The second kappa shape index (κ2) is 30.5. The molecule has 0 spiro atoms. The zero-order chi connectivity index (χ0) is 62.1. The summed E-state index contributed by atoms with van der Waals surface area (Å²) in [6, 6.07) is 24.8. The maximum atomic E-state index is 14.3. The first kappa shape index (κ1) is 65.0. The van der Waals surface area contributed by atoms with E-state index in [-0.39, 0.29) is 84.1 Å². The van der Waals surface area contributed by atoms with Crippen LogP contribution in [-0.4, -0.2) is 140 Å². The Hall–Kier alpha value is -8.59. The van der Waals surface area contributed by atoms with Crippen LogP contribution in [0.2, 0.25) is 0 Å². The lowest BCUT2D eigenvalue weighted by Crippen LogP contribution is -2.58. The molecular formula is C65H84N10O11. The van der Waals surface area contributed by atoms with Gasteiger partial charge in [0.1, 0.15) is 41.3 Å². The Morgan fingerprint density at radius 2 is 1.33 bits per heavy atom. The van der Waals surface area contributed by atoms with Crippen molar-refractivity contribution in [2.45, 2.75) is 149 Å². The molecule has 0 unspecified atom stereocenters. The molecule has 2 fully saturated rings. The van der Waals surface area contributed by atoms with Gasteiger partial charge < -0.3 is 56.5 Å². The number of epoxide rings is 1. The number of aromatic nitrogens is 3. The third kappa shape index (κ3) is 18.0. The van der Waals surface area contributed by atoms with Crippen LogP contribution in [-0.2, 0) is 41.5 Å². The summed E-state index contributed by atoms with van der Waals surface area (Å²) in [6.07, 6.45) is 5.41. The van der Waals surface area contributed by atoms with Crippen molar-refractivity contribution in [2.24, 2.45) is 11.8 Å². The van der Waals surface area contributed by atoms with E-state index >= 15 is 0 Å². The fraction of sp³-hybridized carbons (Fsp3) is 0.462. The molecule has 1 aromatic heterocycles. The van der Waals surface area contributed by atoms with E-state index in [1.807, 2.05) is 102 Å². The second-order valence-corrected chi connectivity index (χ2v) is 23.4. The molecule has 0 saturated carbocycles. The number of piperidine rings is 1. The van der Waals surface area contributed by atoms with Crippen molar-refractivity contribution in [1.82, 2.24) is 51.6 Å². The highest BCUT2D eigenvalue weighted by Crippen LogP contribution is 2.38. The number of rotatable bonds is 29. The van der Waals surface area contributed by atoms with Crippen LogP contribution < -0.4 is 31.9 Å². The van der Waals surface area contributed by atoms with Crippen molar-refractivity contribution < 1.29 is 53.2 Å². The monoisotopic (exact) mass is 1180 g/mol. The number of amides is 6. The van der Waals surface area contributed by atoms with Crippen molar-refractivity contribution in [2.75, 3.05) is 32.8 Å². The quantitative estimate of drug-likeness (QED) is 0.0174. The number of Topliss-reactive ketones (excluding diaryl/α,β-unsaturated/α-hetero) is 1. The molecule has 2 saturated heterocycles. The summed E-state index contributed by atoms with van der Waals surface area (Å²) in [5.74, 6) is -2.59. The van der Waals surface area contributed by atoms with Crippen LogP contribution >= 0.6 is 0 Å². The molecular weight excluding hydrogens is 1100 g/mol. The van der Waals surface area contributed by atoms with Gasteiger partial charge in [-0.05, 0) is 117 Å². The van der Waals surface area contributed by atoms with Crippen molar-refractivity contribution in [3.63, 3.8) is 0 Å². The van der Waals surface area contributed by atoms with E-state index in [1.165, 1.54) is 10.6 Å². The van der Waals surface area contributed by atoms with Gasteiger partial charge in [-0.3, -0.25) is 33.3 Å². The average molecular weight is 1180 g/mol. The molecule has 0 bridgehead atoms. The molecule has 4 aromatic carbocycles. The topological polar surface area (TPSA) is 288 Å². The molecule has 5 atom stereocenters. The minimum absolute atomic E-state index is 0.0139. The van der Waals surface area contributed by atoms with E-state index in [2.05, 4.69) is 42.1 Å². The maximum absolute atomic E-state index is 14.3. The lowest BCUT2D eigenvalue weighted by molar-refractivity contribution is -0.134. The first-order valence-corrected chi connectivity index (χ1v) is 29.9. The highest BCUT2D eigenvalue weighted by Gasteiger charge is 2.50. The van der Waals surface area contributed by atoms with E-state index < -0.39 is 65.6 Å². The van der Waals surface area contributed by atoms with Gasteiger partial charge in [-0.2, -0.15) is 0 Å². The number of nitrogens with one attached hydrogen (secondary N) is 6. The predicted octanol–water partition coefficient (Wildman–Crippen LogP) is 7.19. The number of ketones is 1. The van der Waals surface area contributed by atoms with E-state index in [0.717, 1.165) is 11.1 Å². The van der Waals surface area contributed by atoms with Gasteiger partial charge in [0.15, 0.2) is 11.6 Å². The highest BCUT2D eigenvalue weighted by molar-refractivity contribution is 5.99. The predicted molar refractivity (Wildman–Crippen MR) is 325 cm³/mol. The van der Waals surface area contributed by atoms with Gasteiger partial charge in [0, 0.05) is 62.8 Å². The third-order valence-corrected chi connectivity index (χ3v) is 15.2. The number of phenolic OH excluding ortho intramolecular Hbond substituents is 2. The molecule has 0 aliphatic carbocycles. The molecule has 8 N–H and O–H groups in total. The zero-order valence-electron chi connectivity index (χ0n) is 50.6. The van der Waals surface area contributed by atoms with E-state index in [4.69, 9.17) is 9.47 Å². The minimum Gasteiger partial charge on any atom is -0.508 e. The van der Waals surface area contributed by atoms with E-state index in [0.29, 0.717) is 75.0 Å². The number of ether oxygens (including phenoxy) is 2. The molecule has 2 aliphatic rings. The molecule has 460 valence electrons. The summed E-state index contributed by atoms with van der Waals surface area (Å²) in [6.45, 7) is 16.6. The van der Waals surface area contributed by atoms with Gasteiger partial charge in [0.2, 0.25) is 23.5 Å². The number of hydrogen-bond acceptors (Lipinski definition) is 14. The van der Waals surface area contributed by atoms with Crippen LogP contribution in [0.4, 0.5) is 4.79 Å². The lowest BCUT2D eigenvalue weighted by Gasteiger charge is -2.31. The van der Waals surface area contributed by atoms with Gasteiger partial charge in [-0.25, -0.2) is 4.79 Å². The van der Waals surface area contributed by atoms with Gasteiger partial charge in [-0.1, -0.05) is 108 Å². The van der Waals surface area contributed by atoms with Gasteiger partial charge in [0.05, 0.1) is 18.2 Å². The molecule has 21 heteroatoms.